The molecule has 1 aliphatic heterocycles. The van der Waals surface area contributed by atoms with Crippen molar-refractivity contribution in [2.24, 2.45) is 5.41 Å². The summed E-state index contributed by atoms with van der Waals surface area (Å²) >= 11 is 0. The summed E-state index contributed by atoms with van der Waals surface area (Å²) in [6, 6.07) is 1.62. The Hall–Kier alpha value is -2.41. The van der Waals surface area contributed by atoms with Crippen molar-refractivity contribution in [2.75, 3.05) is 13.1 Å². The van der Waals surface area contributed by atoms with Crippen molar-refractivity contribution >= 4 is 22.8 Å². The number of carbonyl (C=O) groups is 2. The number of fused-ring (bicyclic) bond motifs is 1. The predicted molar refractivity (Wildman–Crippen MR) is 102 cm³/mol. The van der Waals surface area contributed by atoms with Crippen LogP contribution in [0, 0.1) is 5.41 Å². The molecule has 27 heavy (non-hydrogen) atoms. The fourth-order valence-electron chi connectivity index (χ4n) is 4.33. The third-order valence-corrected chi connectivity index (χ3v) is 5.64. The van der Waals surface area contributed by atoms with Gasteiger partial charge in [0.2, 0.25) is 0 Å². The maximum atomic E-state index is 11.9. The van der Waals surface area contributed by atoms with Crippen LogP contribution in [0.15, 0.2) is 18.5 Å². The number of piperidine rings is 1. The van der Waals surface area contributed by atoms with Crippen molar-refractivity contribution in [3.8, 4) is 0 Å². The Morgan fingerprint density at radius 1 is 1.30 bits per heavy atom. The van der Waals surface area contributed by atoms with Gasteiger partial charge < -0.3 is 14.8 Å². The van der Waals surface area contributed by atoms with Gasteiger partial charge in [0, 0.05) is 31.2 Å². The topological polar surface area (TPSA) is 95.7 Å². The Morgan fingerprint density at radius 3 is 2.70 bits per heavy atom. The van der Waals surface area contributed by atoms with Crippen LogP contribution in [0.3, 0.4) is 0 Å². The van der Waals surface area contributed by atoms with Crippen molar-refractivity contribution in [3.05, 3.63) is 29.7 Å². The van der Waals surface area contributed by atoms with Crippen molar-refractivity contribution < 1.29 is 19.8 Å². The molecule has 1 saturated heterocycles. The molecule has 2 N–H and O–H groups in total. The normalized spacial score (nSPS) is 20.8. The molecule has 3 rings (SSSR count). The summed E-state index contributed by atoms with van der Waals surface area (Å²) in [5.41, 5.74) is 1.29. The van der Waals surface area contributed by atoms with E-state index >= 15 is 0 Å². The van der Waals surface area contributed by atoms with Gasteiger partial charge in [0.05, 0.1) is 17.1 Å². The third kappa shape index (κ3) is 3.69. The average molecular weight is 373 g/mol. The molecule has 1 fully saturated rings. The number of aromatic nitrogens is 2. The van der Waals surface area contributed by atoms with Crippen molar-refractivity contribution in [1.82, 2.24) is 14.5 Å². The highest BCUT2D eigenvalue weighted by atomic mass is 16.4. The average Bonchev–Trinajstić information content (AvgIpc) is 2.99. The number of rotatable bonds is 7. The van der Waals surface area contributed by atoms with Gasteiger partial charge in [-0.2, -0.15) is 0 Å². The molecule has 0 saturated carbocycles. The summed E-state index contributed by atoms with van der Waals surface area (Å²) in [5, 5.41) is 20.0. The highest BCUT2D eigenvalue weighted by molar-refractivity contribution is 5.92. The number of aryl methyl sites for hydroxylation is 1. The van der Waals surface area contributed by atoms with Crippen LogP contribution in [-0.4, -0.2) is 49.7 Å². The SMILES string of the molecule is CCCC1(C(=O)O)CCCN(Cc2cn(CC)c3cnc(C(=O)O)cc23)C1. The van der Waals surface area contributed by atoms with Crippen LogP contribution in [0.1, 0.15) is 55.6 Å². The third-order valence-electron chi connectivity index (χ3n) is 5.64. The van der Waals surface area contributed by atoms with Gasteiger partial charge in [-0.1, -0.05) is 13.3 Å². The molecule has 0 amide bonds. The predicted octanol–water partition coefficient (Wildman–Crippen LogP) is 3.22. The van der Waals surface area contributed by atoms with Crippen LogP contribution in [0.2, 0.25) is 0 Å². The van der Waals surface area contributed by atoms with E-state index in [4.69, 9.17) is 0 Å². The number of pyridine rings is 1. The van der Waals surface area contributed by atoms with Crippen molar-refractivity contribution in [1.29, 1.82) is 0 Å². The van der Waals surface area contributed by atoms with Gasteiger partial charge in [0.15, 0.2) is 0 Å². The zero-order valence-electron chi connectivity index (χ0n) is 15.9. The first-order valence-electron chi connectivity index (χ1n) is 9.57. The second kappa shape index (κ2) is 7.68. The number of carboxylic acids is 2. The van der Waals surface area contributed by atoms with Crippen molar-refractivity contribution in [2.45, 2.75) is 52.6 Å². The number of aromatic carboxylic acids is 1. The molecule has 0 spiro atoms. The van der Waals surface area contributed by atoms with Crippen LogP contribution in [0.25, 0.3) is 10.9 Å². The number of aliphatic carboxylic acids is 1. The standard InChI is InChI=1S/C20H27N3O4/c1-3-6-20(19(26)27)7-5-8-22(13-20)11-14-12-23(4-2)17-10-21-16(18(24)25)9-15(14)17/h9-10,12H,3-8,11,13H2,1-2H3,(H,24,25)(H,26,27). The van der Waals surface area contributed by atoms with E-state index in [1.54, 1.807) is 12.3 Å². The number of nitrogens with zero attached hydrogens (tertiary/aromatic N) is 3. The minimum absolute atomic E-state index is 0.0297. The zero-order chi connectivity index (χ0) is 19.6. The molecule has 0 aliphatic carbocycles. The number of carboxylic acid groups (broad SMARTS) is 2. The van der Waals surface area contributed by atoms with Gasteiger partial charge in [-0.15, -0.1) is 0 Å². The Morgan fingerprint density at radius 2 is 2.07 bits per heavy atom. The van der Waals surface area contributed by atoms with E-state index in [2.05, 4.69) is 14.5 Å². The summed E-state index contributed by atoms with van der Waals surface area (Å²) in [6.45, 7) is 6.83. The summed E-state index contributed by atoms with van der Waals surface area (Å²) in [4.78, 5) is 29.5. The van der Waals surface area contributed by atoms with E-state index in [1.807, 2.05) is 20.0 Å². The molecule has 7 nitrogen and oxygen atoms in total. The lowest BCUT2D eigenvalue weighted by Crippen LogP contribution is -2.47. The summed E-state index contributed by atoms with van der Waals surface area (Å²) < 4.78 is 2.06. The number of hydrogen-bond donors (Lipinski definition) is 2. The van der Waals surface area contributed by atoms with E-state index in [9.17, 15) is 19.8 Å². The molecular formula is C20H27N3O4. The minimum Gasteiger partial charge on any atom is -0.481 e. The fourth-order valence-corrected chi connectivity index (χ4v) is 4.33. The second-order valence-corrected chi connectivity index (χ2v) is 7.48. The lowest BCUT2D eigenvalue weighted by Gasteiger charge is -2.40. The van der Waals surface area contributed by atoms with Gasteiger partial charge >= 0.3 is 11.9 Å². The molecular weight excluding hydrogens is 346 g/mol. The molecule has 0 aromatic carbocycles. The van der Waals surface area contributed by atoms with E-state index in [0.717, 1.165) is 48.8 Å². The van der Waals surface area contributed by atoms with Gasteiger partial charge in [-0.25, -0.2) is 9.78 Å². The van der Waals surface area contributed by atoms with Crippen LogP contribution in [0.5, 0.6) is 0 Å². The second-order valence-electron chi connectivity index (χ2n) is 7.48. The smallest absolute Gasteiger partial charge is 0.354 e. The summed E-state index contributed by atoms with van der Waals surface area (Å²) in [5.74, 6) is -1.75. The Balaban J connectivity index is 1.92. The van der Waals surface area contributed by atoms with Crippen LogP contribution in [0.4, 0.5) is 0 Å². The first-order chi connectivity index (χ1) is 12.9. The molecule has 0 radical (unpaired) electrons. The van der Waals surface area contributed by atoms with E-state index < -0.39 is 17.4 Å². The van der Waals surface area contributed by atoms with Crippen LogP contribution < -0.4 is 0 Å². The lowest BCUT2D eigenvalue weighted by molar-refractivity contribution is -0.153. The van der Waals surface area contributed by atoms with Crippen molar-refractivity contribution in [3.63, 3.8) is 0 Å². The highest BCUT2D eigenvalue weighted by Gasteiger charge is 2.41. The molecule has 2 aromatic heterocycles. The van der Waals surface area contributed by atoms with Gasteiger partial charge in [0.1, 0.15) is 5.69 Å². The fraction of sp³-hybridized carbons (Fsp3) is 0.550. The van der Waals surface area contributed by atoms with Gasteiger partial charge in [0.25, 0.3) is 0 Å². The lowest BCUT2D eigenvalue weighted by atomic mass is 9.76. The van der Waals surface area contributed by atoms with Crippen LogP contribution in [-0.2, 0) is 17.9 Å². The minimum atomic E-state index is -1.04. The number of likely N-dealkylation sites (tertiary alicyclic amines) is 1. The maximum Gasteiger partial charge on any atom is 0.354 e. The first kappa shape index (κ1) is 19.4. The molecule has 1 unspecified atom stereocenters. The number of hydrogen-bond acceptors (Lipinski definition) is 4. The maximum absolute atomic E-state index is 11.9. The van der Waals surface area contributed by atoms with Gasteiger partial charge in [-0.3, -0.25) is 9.69 Å². The molecule has 0 bridgehead atoms. The van der Waals surface area contributed by atoms with Crippen LogP contribution >= 0.6 is 0 Å². The zero-order valence-corrected chi connectivity index (χ0v) is 15.9. The summed E-state index contributed by atoms with van der Waals surface area (Å²) in [6.07, 6.45) is 6.76. The first-order valence-corrected chi connectivity index (χ1v) is 9.57. The highest BCUT2D eigenvalue weighted by Crippen LogP contribution is 2.36. The van der Waals surface area contributed by atoms with E-state index in [-0.39, 0.29) is 5.69 Å². The Labute approximate surface area is 158 Å². The molecule has 7 heteroatoms. The summed E-state index contributed by atoms with van der Waals surface area (Å²) in [7, 11) is 0. The van der Waals surface area contributed by atoms with Gasteiger partial charge in [-0.05, 0) is 44.4 Å². The Bertz CT molecular complexity index is 856. The monoisotopic (exact) mass is 373 g/mol. The largest absolute Gasteiger partial charge is 0.481 e. The molecule has 146 valence electrons. The van der Waals surface area contributed by atoms with E-state index in [0.29, 0.717) is 19.5 Å². The molecule has 3 heterocycles. The molecule has 2 aromatic rings. The van der Waals surface area contributed by atoms with E-state index in [1.165, 1.54) is 0 Å². The Kier molecular flexibility index (Phi) is 5.51. The quantitative estimate of drug-likeness (QED) is 0.774. The molecule has 1 aliphatic rings. The molecule has 1 atom stereocenters.